The first kappa shape index (κ1) is 14.6. The van der Waals surface area contributed by atoms with Crippen molar-refractivity contribution in [3.63, 3.8) is 0 Å². The third-order valence-corrected chi connectivity index (χ3v) is 2.76. The minimum Gasteiger partial charge on any atom is -0.744 e. The van der Waals surface area contributed by atoms with Gasteiger partial charge in [0, 0.05) is 5.41 Å². The number of unbranched alkanes of at least 4 members (excludes halogenated alkanes) is 7. The topological polar surface area (TPSA) is 57.2 Å². The molecule has 0 rings (SSSR count). The van der Waals surface area contributed by atoms with E-state index < -0.39 is 10.1 Å². The number of hydrogen-bond acceptors (Lipinski definition) is 3. The van der Waals surface area contributed by atoms with Crippen LogP contribution in [0, 0.1) is 0 Å². The zero-order valence-electron chi connectivity index (χ0n) is 9.44. The molecule has 0 heterocycles. The SMILES string of the molecule is CCCCCCCCC/C=C/S(=O)(=O)[O-]. The van der Waals surface area contributed by atoms with E-state index in [1.807, 2.05) is 0 Å². The summed E-state index contributed by atoms with van der Waals surface area (Å²) in [6.45, 7) is 2.19. The van der Waals surface area contributed by atoms with Gasteiger partial charge in [0.15, 0.2) is 0 Å². The van der Waals surface area contributed by atoms with E-state index in [4.69, 9.17) is 0 Å². The number of rotatable bonds is 9. The number of allylic oxidation sites excluding steroid dienone is 1. The van der Waals surface area contributed by atoms with Crippen LogP contribution in [0.1, 0.15) is 58.3 Å². The highest BCUT2D eigenvalue weighted by Crippen LogP contribution is 2.08. The maximum Gasteiger partial charge on any atom is 0.117 e. The van der Waals surface area contributed by atoms with Crippen molar-refractivity contribution in [1.29, 1.82) is 0 Å². The highest BCUT2D eigenvalue weighted by molar-refractivity contribution is 7.88. The van der Waals surface area contributed by atoms with Crippen molar-refractivity contribution in [1.82, 2.24) is 0 Å². The molecule has 0 aromatic rings. The van der Waals surface area contributed by atoms with Crippen molar-refractivity contribution in [3.05, 3.63) is 11.5 Å². The van der Waals surface area contributed by atoms with E-state index in [1.165, 1.54) is 38.2 Å². The molecule has 0 aliphatic heterocycles. The molecule has 0 saturated heterocycles. The van der Waals surface area contributed by atoms with Gasteiger partial charge in [0.2, 0.25) is 0 Å². The molecule has 0 aliphatic rings. The van der Waals surface area contributed by atoms with Crippen LogP contribution in [0.2, 0.25) is 0 Å². The summed E-state index contributed by atoms with van der Waals surface area (Å²) in [4.78, 5) is 0. The van der Waals surface area contributed by atoms with Gasteiger partial charge < -0.3 is 4.55 Å². The largest absolute Gasteiger partial charge is 0.744 e. The summed E-state index contributed by atoms with van der Waals surface area (Å²) in [6, 6.07) is 0. The van der Waals surface area contributed by atoms with Crippen LogP contribution in [0.5, 0.6) is 0 Å². The van der Waals surface area contributed by atoms with Gasteiger partial charge in [-0.2, -0.15) is 0 Å². The first-order valence-electron chi connectivity index (χ1n) is 5.68. The first-order chi connectivity index (χ1) is 7.06. The van der Waals surface area contributed by atoms with Crippen molar-refractivity contribution in [2.24, 2.45) is 0 Å². The third kappa shape index (κ3) is 13.7. The molecule has 0 amide bonds. The predicted molar refractivity (Wildman–Crippen MR) is 61.4 cm³/mol. The Morgan fingerprint density at radius 3 is 2.07 bits per heavy atom. The van der Waals surface area contributed by atoms with Gasteiger partial charge in [-0.1, -0.05) is 51.5 Å². The Hall–Kier alpha value is -0.350. The van der Waals surface area contributed by atoms with Crippen LogP contribution < -0.4 is 0 Å². The van der Waals surface area contributed by atoms with E-state index in [0.29, 0.717) is 6.42 Å². The third-order valence-electron chi connectivity index (χ3n) is 2.24. The second-order valence-corrected chi connectivity index (χ2v) is 5.03. The second kappa shape index (κ2) is 8.92. The van der Waals surface area contributed by atoms with Crippen LogP contribution in [0.25, 0.3) is 0 Å². The Balaban J connectivity index is 3.22. The first-order valence-corrected chi connectivity index (χ1v) is 7.16. The summed E-state index contributed by atoms with van der Waals surface area (Å²) in [5.41, 5.74) is 0. The molecule has 0 unspecified atom stereocenters. The molecule has 0 aliphatic carbocycles. The molecular weight excluding hydrogens is 212 g/mol. The van der Waals surface area contributed by atoms with Crippen molar-refractivity contribution in [3.8, 4) is 0 Å². The molecule has 3 nitrogen and oxygen atoms in total. The molecule has 0 saturated carbocycles. The minimum atomic E-state index is -4.16. The predicted octanol–water partition coefficient (Wildman–Crippen LogP) is 3.19. The van der Waals surface area contributed by atoms with E-state index in [2.05, 4.69) is 6.92 Å². The fourth-order valence-electron chi connectivity index (χ4n) is 1.41. The van der Waals surface area contributed by atoms with Crippen molar-refractivity contribution < 1.29 is 13.0 Å². The lowest BCUT2D eigenvalue weighted by Gasteiger charge is -2.00. The van der Waals surface area contributed by atoms with E-state index >= 15 is 0 Å². The van der Waals surface area contributed by atoms with Crippen LogP contribution >= 0.6 is 0 Å². The van der Waals surface area contributed by atoms with E-state index in [0.717, 1.165) is 18.2 Å². The van der Waals surface area contributed by atoms with Crippen LogP contribution in [-0.2, 0) is 10.1 Å². The van der Waals surface area contributed by atoms with Crippen molar-refractivity contribution in [2.75, 3.05) is 0 Å². The average molecular weight is 233 g/mol. The quantitative estimate of drug-likeness (QED) is 0.454. The monoisotopic (exact) mass is 233 g/mol. The molecule has 0 aromatic heterocycles. The lowest BCUT2D eigenvalue weighted by molar-refractivity contribution is 0.474. The molecule has 0 bridgehead atoms. The summed E-state index contributed by atoms with van der Waals surface area (Å²) in [5.74, 6) is 0. The molecule has 0 atom stereocenters. The summed E-state index contributed by atoms with van der Waals surface area (Å²) in [7, 11) is -4.16. The normalized spacial score (nSPS) is 12.4. The van der Waals surface area contributed by atoms with Gasteiger partial charge in [0.1, 0.15) is 10.1 Å². The van der Waals surface area contributed by atoms with Gasteiger partial charge in [-0.15, -0.1) is 0 Å². The smallest absolute Gasteiger partial charge is 0.117 e. The van der Waals surface area contributed by atoms with Gasteiger partial charge in [0.05, 0.1) is 0 Å². The molecule has 0 fully saturated rings. The molecule has 0 spiro atoms. The van der Waals surface area contributed by atoms with Gasteiger partial charge in [-0.25, -0.2) is 8.42 Å². The zero-order valence-corrected chi connectivity index (χ0v) is 10.3. The molecule has 0 N–H and O–H groups in total. The van der Waals surface area contributed by atoms with Crippen molar-refractivity contribution >= 4 is 10.1 Å². The second-order valence-electron chi connectivity index (χ2n) is 3.77. The number of hydrogen-bond donors (Lipinski definition) is 0. The lowest BCUT2D eigenvalue weighted by atomic mass is 10.1. The average Bonchev–Trinajstić information content (AvgIpc) is 2.14. The zero-order chi connectivity index (χ0) is 11.6. The highest BCUT2D eigenvalue weighted by Gasteiger charge is 1.90. The maximum atomic E-state index is 10.2. The van der Waals surface area contributed by atoms with Gasteiger partial charge in [-0.05, 0) is 12.8 Å². The van der Waals surface area contributed by atoms with E-state index in [1.54, 1.807) is 0 Å². The summed E-state index contributed by atoms with van der Waals surface area (Å²) >= 11 is 0. The summed E-state index contributed by atoms with van der Waals surface area (Å²) in [5, 5.41) is 0.754. The summed E-state index contributed by atoms with van der Waals surface area (Å²) in [6.07, 6.45) is 10.5. The lowest BCUT2D eigenvalue weighted by Crippen LogP contribution is -1.89. The Kier molecular flexibility index (Phi) is 8.71. The Labute approximate surface area is 93.3 Å². The van der Waals surface area contributed by atoms with Crippen LogP contribution in [0.3, 0.4) is 0 Å². The van der Waals surface area contributed by atoms with Crippen LogP contribution in [0.15, 0.2) is 11.5 Å². The van der Waals surface area contributed by atoms with E-state index in [-0.39, 0.29) is 0 Å². The van der Waals surface area contributed by atoms with Gasteiger partial charge in [-0.3, -0.25) is 0 Å². The van der Waals surface area contributed by atoms with Gasteiger partial charge >= 0.3 is 0 Å². The Bertz CT molecular complexity index is 255. The summed E-state index contributed by atoms with van der Waals surface area (Å²) < 4.78 is 30.6. The molecule has 15 heavy (non-hydrogen) atoms. The Morgan fingerprint density at radius 2 is 1.53 bits per heavy atom. The van der Waals surface area contributed by atoms with Crippen LogP contribution in [-0.4, -0.2) is 13.0 Å². The van der Waals surface area contributed by atoms with Crippen molar-refractivity contribution in [2.45, 2.75) is 58.3 Å². The molecule has 90 valence electrons. The van der Waals surface area contributed by atoms with Crippen LogP contribution in [0.4, 0.5) is 0 Å². The van der Waals surface area contributed by atoms with E-state index in [9.17, 15) is 13.0 Å². The molecule has 0 radical (unpaired) electrons. The van der Waals surface area contributed by atoms with Gasteiger partial charge in [0.25, 0.3) is 0 Å². The standard InChI is InChI=1S/C11H22O3S/c1-2-3-4-5-6-7-8-9-10-11-15(12,13)14/h10-11H,2-9H2,1H3,(H,12,13,14)/p-1/b11-10+. The maximum absolute atomic E-state index is 10.2. The molecule has 4 heteroatoms. The fourth-order valence-corrected chi connectivity index (χ4v) is 1.78. The fraction of sp³-hybridized carbons (Fsp3) is 0.818. The molecule has 0 aromatic carbocycles. The Morgan fingerprint density at radius 1 is 1.00 bits per heavy atom. The molecular formula is C11H21O3S-. The minimum absolute atomic E-state index is 0.690. The highest BCUT2D eigenvalue weighted by atomic mass is 32.2.